The maximum absolute atomic E-state index is 12.3. The molecule has 2 unspecified atom stereocenters. The van der Waals surface area contributed by atoms with E-state index in [4.69, 9.17) is 10.8 Å². The van der Waals surface area contributed by atoms with Crippen molar-refractivity contribution in [1.29, 1.82) is 0 Å². The molecule has 3 N–H and O–H groups in total. The Morgan fingerprint density at radius 2 is 2.11 bits per heavy atom. The monoisotopic (exact) mass is 256 g/mol. The van der Waals surface area contributed by atoms with Crippen LogP contribution in [0.2, 0.25) is 0 Å². The minimum absolute atomic E-state index is 0.0437. The average Bonchev–Trinajstić information content (AvgIpc) is 2.28. The van der Waals surface area contributed by atoms with Crippen molar-refractivity contribution in [2.75, 3.05) is 13.2 Å². The third-order valence-corrected chi connectivity index (χ3v) is 3.92. The number of hydrogen-bond donors (Lipinski definition) is 2. The molecule has 0 aliphatic carbocycles. The Morgan fingerprint density at radius 3 is 2.67 bits per heavy atom. The Balaban J connectivity index is 2.58. The second-order valence-electron chi connectivity index (χ2n) is 6.43. The first-order valence-corrected chi connectivity index (χ1v) is 7.02. The number of aliphatic hydroxyl groups is 1. The number of rotatable bonds is 4. The lowest BCUT2D eigenvalue weighted by atomic mass is 9.85. The van der Waals surface area contributed by atoms with Crippen molar-refractivity contribution in [1.82, 2.24) is 4.90 Å². The van der Waals surface area contributed by atoms with Crippen LogP contribution in [0.15, 0.2) is 0 Å². The van der Waals surface area contributed by atoms with Crippen LogP contribution in [0.1, 0.15) is 52.9 Å². The lowest BCUT2D eigenvalue weighted by Crippen LogP contribution is -2.47. The van der Waals surface area contributed by atoms with Gasteiger partial charge in [0, 0.05) is 31.7 Å². The van der Waals surface area contributed by atoms with Crippen molar-refractivity contribution in [2.45, 2.75) is 65.0 Å². The van der Waals surface area contributed by atoms with Gasteiger partial charge in [-0.3, -0.25) is 4.79 Å². The molecule has 1 aliphatic rings. The van der Waals surface area contributed by atoms with Gasteiger partial charge in [-0.25, -0.2) is 0 Å². The zero-order valence-electron chi connectivity index (χ0n) is 12.0. The molecule has 0 aromatic carbocycles. The molecular formula is C14H28N2O2. The molecule has 4 heteroatoms. The maximum atomic E-state index is 12.3. The number of aliphatic hydroxyl groups excluding tert-OH is 1. The summed E-state index contributed by atoms with van der Waals surface area (Å²) in [7, 11) is 0. The summed E-state index contributed by atoms with van der Waals surface area (Å²) in [6, 6.07) is 0.102. The van der Waals surface area contributed by atoms with Crippen molar-refractivity contribution < 1.29 is 9.90 Å². The summed E-state index contributed by atoms with van der Waals surface area (Å²) < 4.78 is 0. The van der Waals surface area contributed by atoms with Gasteiger partial charge in [-0.1, -0.05) is 20.8 Å². The maximum Gasteiger partial charge on any atom is 0.224 e. The normalized spacial score (nSPS) is 22.9. The van der Waals surface area contributed by atoms with Gasteiger partial charge in [-0.2, -0.15) is 0 Å². The third-order valence-electron chi connectivity index (χ3n) is 3.92. The van der Waals surface area contributed by atoms with E-state index in [1.807, 2.05) is 4.90 Å². The average molecular weight is 256 g/mol. The topological polar surface area (TPSA) is 66.6 Å². The summed E-state index contributed by atoms with van der Waals surface area (Å²) in [6.07, 6.45) is 4.33. The highest BCUT2D eigenvalue weighted by Gasteiger charge is 2.30. The first-order chi connectivity index (χ1) is 8.36. The Kier molecular flexibility index (Phi) is 5.60. The van der Waals surface area contributed by atoms with Gasteiger partial charge in [0.1, 0.15) is 0 Å². The molecule has 1 fully saturated rings. The molecule has 1 aliphatic heterocycles. The van der Waals surface area contributed by atoms with E-state index in [1.54, 1.807) is 0 Å². The first kappa shape index (κ1) is 15.4. The highest BCUT2D eigenvalue weighted by atomic mass is 16.3. The number of nitrogens with zero attached hydrogens (tertiary/aromatic N) is 1. The van der Waals surface area contributed by atoms with Crippen molar-refractivity contribution >= 4 is 5.91 Å². The van der Waals surface area contributed by atoms with Crippen molar-refractivity contribution in [3.05, 3.63) is 0 Å². The van der Waals surface area contributed by atoms with Crippen LogP contribution >= 0.6 is 0 Å². The van der Waals surface area contributed by atoms with Gasteiger partial charge in [0.2, 0.25) is 5.91 Å². The van der Waals surface area contributed by atoms with Crippen LogP contribution in [-0.2, 0) is 4.79 Å². The molecule has 0 radical (unpaired) electrons. The van der Waals surface area contributed by atoms with Crippen LogP contribution in [0.4, 0.5) is 0 Å². The smallest absolute Gasteiger partial charge is 0.224 e. The molecule has 0 spiro atoms. The van der Waals surface area contributed by atoms with Gasteiger partial charge >= 0.3 is 0 Å². The minimum atomic E-state index is -0.110. The van der Waals surface area contributed by atoms with Crippen LogP contribution in [0.5, 0.6) is 0 Å². The molecule has 0 saturated carbocycles. The van der Waals surface area contributed by atoms with Crippen molar-refractivity contribution in [3.8, 4) is 0 Å². The van der Waals surface area contributed by atoms with E-state index in [2.05, 4.69) is 20.8 Å². The van der Waals surface area contributed by atoms with Gasteiger partial charge < -0.3 is 15.7 Å². The standard InChI is InChI=1S/C14H28N2O2/c1-14(2,3)12(15)10-13(18)16-8-5-4-6-11(16)7-9-17/h11-12,17H,4-10,15H2,1-3H3. The fraction of sp³-hybridized carbons (Fsp3) is 0.929. The van der Waals surface area contributed by atoms with Gasteiger partial charge in [0.25, 0.3) is 0 Å². The van der Waals surface area contributed by atoms with Crippen LogP contribution in [0.25, 0.3) is 0 Å². The van der Waals surface area contributed by atoms with Crippen molar-refractivity contribution in [2.24, 2.45) is 11.1 Å². The van der Waals surface area contributed by atoms with E-state index in [0.717, 1.165) is 25.8 Å². The molecule has 0 aromatic rings. The van der Waals surface area contributed by atoms with Gasteiger partial charge in [-0.15, -0.1) is 0 Å². The van der Waals surface area contributed by atoms with Crippen molar-refractivity contribution in [3.63, 3.8) is 0 Å². The molecule has 4 nitrogen and oxygen atoms in total. The van der Waals surface area contributed by atoms with Gasteiger partial charge in [0.15, 0.2) is 0 Å². The molecule has 1 amide bonds. The van der Waals surface area contributed by atoms with Crippen LogP contribution in [-0.4, -0.2) is 41.1 Å². The minimum Gasteiger partial charge on any atom is -0.396 e. The number of carbonyl (C=O) groups is 1. The number of piperidine rings is 1. The Bertz CT molecular complexity index is 271. The molecule has 0 bridgehead atoms. The second-order valence-corrected chi connectivity index (χ2v) is 6.43. The van der Waals surface area contributed by atoms with E-state index in [-0.39, 0.29) is 30.0 Å². The molecule has 1 heterocycles. The zero-order valence-corrected chi connectivity index (χ0v) is 12.0. The molecule has 18 heavy (non-hydrogen) atoms. The zero-order chi connectivity index (χ0) is 13.8. The molecular weight excluding hydrogens is 228 g/mol. The van der Waals surface area contributed by atoms with E-state index in [9.17, 15) is 4.79 Å². The number of nitrogens with two attached hydrogens (primary N) is 1. The largest absolute Gasteiger partial charge is 0.396 e. The van der Waals surface area contributed by atoms with Gasteiger partial charge in [0.05, 0.1) is 0 Å². The predicted octanol–water partition coefficient (Wildman–Crippen LogP) is 1.51. The quantitative estimate of drug-likeness (QED) is 0.801. The number of likely N-dealkylation sites (tertiary alicyclic amines) is 1. The summed E-state index contributed by atoms with van der Waals surface area (Å²) in [5.74, 6) is 0.149. The Hall–Kier alpha value is -0.610. The predicted molar refractivity (Wildman–Crippen MR) is 73.1 cm³/mol. The molecule has 2 atom stereocenters. The molecule has 1 saturated heterocycles. The summed E-state index contributed by atoms with van der Waals surface area (Å²) in [4.78, 5) is 14.2. The second kappa shape index (κ2) is 6.53. The third kappa shape index (κ3) is 4.25. The van der Waals surface area contributed by atoms with Crippen LogP contribution in [0.3, 0.4) is 0 Å². The number of carbonyl (C=O) groups excluding carboxylic acids is 1. The van der Waals surface area contributed by atoms with Crippen LogP contribution in [0, 0.1) is 5.41 Å². The lowest BCUT2D eigenvalue weighted by molar-refractivity contribution is -0.136. The summed E-state index contributed by atoms with van der Waals surface area (Å²) in [5, 5.41) is 9.07. The van der Waals surface area contributed by atoms with Crippen LogP contribution < -0.4 is 5.73 Å². The summed E-state index contributed by atoms with van der Waals surface area (Å²) in [5.41, 5.74) is 6.04. The first-order valence-electron chi connectivity index (χ1n) is 7.02. The van der Waals surface area contributed by atoms with Gasteiger partial charge in [-0.05, 0) is 31.1 Å². The Morgan fingerprint density at radius 1 is 1.44 bits per heavy atom. The highest BCUT2D eigenvalue weighted by Crippen LogP contribution is 2.24. The van der Waals surface area contributed by atoms with E-state index in [0.29, 0.717) is 12.8 Å². The van der Waals surface area contributed by atoms with E-state index in [1.165, 1.54) is 0 Å². The highest BCUT2D eigenvalue weighted by molar-refractivity contribution is 5.77. The molecule has 1 rings (SSSR count). The molecule has 0 aromatic heterocycles. The summed E-state index contributed by atoms with van der Waals surface area (Å²) >= 11 is 0. The van der Waals surface area contributed by atoms with E-state index >= 15 is 0 Å². The fourth-order valence-electron chi connectivity index (χ4n) is 2.39. The number of hydrogen-bond acceptors (Lipinski definition) is 3. The molecule has 106 valence electrons. The lowest BCUT2D eigenvalue weighted by Gasteiger charge is -2.37. The Labute approximate surface area is 111 Å². The summed E-state index contributed by atoms with van der Waals surface area (Å²) in [6.45, 7) is 7.16. The number of amides is 1. The fourth-order valence-corrected chi connectivity index (χ4v) is 2.39. The SMILES string of the molecule is CC(C)(C)C(N)CC(=O)N1CCCCC1CCO. The van der Waals surface area contributed by atoms with E-state index < -0.39 is 0 Å².